The number of aryl methyl sites for hydroxylation is 1. The Hall–Kier alpha value is -2.47. The lowest BCUT2D eigenvalue weighted by Gasteiger charge is -2.23. The standard InChI is InChI=1S/C20H16ClF3N2O/c1-12-5-2-3-7-15(12)26-10-9-14-18(26)13-6-4-8-16(17(13)25-19(14)21)27-11-20(22,23)24/h2-8H,9-11H2,1H3. The minimum Gasteiger partial charge on any atom is -0.482 e. The number of para-hydroxylation sites is 2. The van der Waals surface area contributed by atoms with Crippen molar-refractivity contribution in [3.63, 3.8) is 0 Å². The first-order valence-corrected chi connectivity index (χ1v) is 8.87. The van der Waals surface area contributed by atoms with Gasteiger partial charge in [0.1, 0.15) is 16.4 Å². The zero-order valence-corrected chi connectivity index (χ0v) is 15.2. The van der Waals surface area contributed by atoms with E-state index in [4.69, 9.17) is 16.3 Å². The van der Waals surface area contributed by atoms with E-state index in [9.17, 15) is 13.2 Å². The zero-order chi connectivity index (χ0) is 19.2. The predicted octanol–water partition coefficient (Wildman–Crippen LogP) is 5.83. The van der Waals surface area contributed by atoms with Crippen molar-refractivity contribution < 1.29 is 17.9 Å². The summed E-state index contributed by atoms with van der Waals surface area (Å²) in [7, 11) is 0. The van der Waals surface area contributed by atoms with Gasteiger partial charge in [0.2, 0.25) is 0 Å². The molecule has 0 aliphatic carbocycles. The van der Waals surface area contributed by atoms with Crippen LogP contribution in [-0.4, -0.2) is 24.3 Å². The Balaban J connectivity index is 1.87. The summed E-state index contributed by atoms with van der Waals surface area (Å²) in [4.78, 5) is 6.49. The summed E-state index contributed by atoms with van der Waals surface area (Å²) >= 11 is 6.39. The van der Waals surface area contributed by atoms with Gasteiger partial charge >= 0.3 is 6.18 Å². The second kappa shape index (κ2) is 6.60. The van der Waals surface area contributed by atoms with Crippen LogP contribution in [0, 0.1) is 6.92 Å². The summed E-state index contributed by atoms with van der Waals surface area (Å²) in [6.07, 6.45) is -3.70. The molecule has 0 fully saturated rings. The van der Waals surface area contributed by atoms with Crippen LogP contribution in [0.2, 0.25) is 5.15 Å². The van der Waals surface area contributed by atoms with Gasteiger partial charge in [-0.1, -0.05) is 41.9 Å². The SMILES string of the molecule is Cc1ccccc1N1CCc2c(Cl)nc3c(OCC(F)(F)F)cccc3c21. The molecule has 0 unspecified atom stereocenters. The molecule has 0 amide bonds. The van der Waals surface area contributed by atoms with Crippen LogP contribution in [0.4, 0.5) is 24.5 Å². The van der Waals surface area contributed by atoms with Crippen molar-refractivity contribution in [2.45, 2.75) is 19.5 Å². The summed E-state index contributed by atoms with van der Waals surface area (Å²) in [5.41, 5.74) is 4.28. The normalized spacial score (nSPS) is 13.9. The molecule has 0 saturated carbocycles. The number of halogens is 4. The molecule has 0 saturated heterocycles. The molecule has 140 valence electrons. The number of benzene rings is 2. The van der Waals surface area contributed by atoms with E-state index in [0.29, 0.717) is 10.7 Å². The molecule has 2 heterocycles. The molecule has 1 aliphatic heterocycles. The van der Waals surface area contributed by atoms with Gasteiger partial charge in [-0.15, -0.1) is 0 Å². The van der Waals surface area contributed by atoms with Crippen molar-refractivity contribution in [2.24, 2.45) is 0 Å². The van der Waals surface area contributed by atoms with Gasteiger partial charge in [-0.3, -0.25) is 0 Å². The molecule has 3 nitrogen and oxygen atoms in total. The molecule has 3 aromatic rings. The quantitative estimate of drug-likeness (QED) is 0.524. The van der Waals surface area contributed by atoms with E-state index >= 15 is 0 Å². The van der Waals surface area contributed by atoms with E-state index in [1.165, 1.54) is 6.07 Å². The molecule has 4 rings (SSSR count). The van der Waals surface area contributed by atoms with Crippen molar-refractivity contribution in [2.75, 3.05) is 18.1 Å². The highest BCUT2D eigenvalue weighted by Crippen LogP contribution is 2.45. The third-order valence-electron chi connectivity index (χ3n) is 4.65. The second-order valence-electron chi connectivity index (χ2n) is 6.47. The Morgan fingerprint density at radius 3 is 2.67 bits per heavy atom. The minimum absolute atomic E-state index is 0.0751. The fraction of sp³-hybridized carbons (Fsp3) is 0.250. The van der Waals surface area contributed by atoms with Gasteiger partial charge in [0.05, 0.1) is 5.69 Å². The molecule has 0 spiro atoms. The Bertz CT molecular complexity index is 1020. The summed E-state index contributed by atoms with van der Waals surface area (Å²) in [6, 6.07) is 13.0. The maximum atomic E-state index is 12.6. The van der Waals surface area contributed by atoms with Gasteiger partial charge in [0.25, 0.3) is 0 Å². The number of ether oxygens (including phenoxy) is 1. The van der Waals surface area contributed by atoms with Crippen molar-refractivity contribution >= 4 is 33.9 Å². The Morgan fingerprint density at radius 1 is 1.15 bits per heavy atom. The summed E-state index contributed by atoms with van der Waals surface area (Å²) in [6.45, 7) is 1.38. The number of rotatable bonds is 3. The number of nitrogens with zero attached hydrogens (tertiary/aromatic N) is 2. The van der Waals surface area contributed by atoms with Gasteiger partial charge in [0, 0.05) is 23.2 Å². The van der Waals surface area contributed by atoms with E-state index in [-0.39, 0.29) is 5.75 Å². The van der Waals surface area contributed by atoms with E-state index in [0.717, 1.165) is 40.9 Å². The predicted molar refractivity (Wildman–Crippen MR) is 100 cm³/mol. The highest BCUT2D eigenvalue weighted by molar-refractivity contribution is 6.31. The first kappa shape index (κ1) is 17.9. The van der Waals surface area contributed by atoms with Crippen LogP contribution in [0.25, 0.3) is 10.9 Å². The Kier molecular flexibility index (Phi) is 4.38. The van der Waals surface area contributed by atoms with E-state index in [1.807, 2.05) is 37.3 Å². The molecule has 7 heteroatoms. The molecule has 0 atom stereocenters. The van der Waals surface area contributed by atoms with Gasteiger partial charge < -0.3 is 9.64 Å². The van der Waals surface area contributed by atoms with E-state index in [2.05, 4.69) is 9.88 Å². The fourth-order valence-corrected chi connectivity index (χ4v) is 3.77. The van der Waals surface area contributed by atoms with Crippen molar-refractivity contribution in [1.29, 1.82) is 0 Å². The average molecular weight is 393 g/mol. The minimum atomic E-state index is -4.42. The van der Waals surface area contributed by atoms with Crippen molar-refractivity contribution in [3.05, 3.63) is 58.7 Å². The van der Waals surface area contributed by atoms with Gasteiger partial charge in [-0.25, -0.2) is 4.98 Å². The molecule has 1 aliphatic rings. The third-order valence-corrected chi connectivity index (χ3v) is 4.96. The van der Waals surface area contributed by atoms with Gasteiger partial charge in [-0.2, -0.15) is 13.2 Å². The molecule has 0 N–H and O–H groups in total. The number of hydrogen-bond acceptors (Lipinski definition) is 3. The van der Waals surface area contributed by atoms with Crippen LogP contribution in [0.1, 0.15) is 11.1 Å². The van der Waals surface area contributed by atoms with Crippen LogP contribution >= 0.6 is 11.6 Å². The first-order valence-electron chi connectivity index (χ1n) is 8.49. The van der Waals surface area contributed by atoms with Crippen LogP contribution in [0.15, 0.2) is 42.5 Å². The number of pyridine rings is 1. The topological polar surface area (TPSA) is 25.4 Å². The lowest BCUT2D eigenvalue weighted by atomic mass is 10.1. The molecular weight excluding hydrogens is 377 g/mol. The van der Waals surface area contributed by atoms with Gasteiger partial charge in [-0.05, 0) is 31.0 Å². The number of aromatic nitrogens is 1. The highest BCUT2D eigenvalue weighted by atomic mass is 35.5. The fourth-order valence-electron chi connectivity index (χ4n) is 3.50. The summed E-state index contributed by atoms with van der Waals surface area (Å²) in [5.74, 6) is 0.0751. The Morgan fingerprint density at radius 2 is 1.93 bits per heavy atom. The molecule has 1 aromatic heterocycles. The summed E-state index contributed by atoms with van der Waals surface area (Å²) in [5, 5.41) is 1.03. The van der Waals surface area contributed by atoms with Crippen LogP contribution in [0.5, 0.6) is 5.75 Å². The number of alkyl halides is 3. The van der Waals surface area contributed by atoms with E-state index < -0.39 is 12.8 Å². The highest BCUT2D eigenvalue weighted by Gasteiger charge is 2.30. The second-order valence-corrected chi connectivity index (χ2v) is 6.83. The monoisotopic (exact) mass is 392 g/mol. The smallest absolute Gasteiger partial charge is 0.422 e. The lowest BCUT2D eigenvalue weighted by molar-refractivity contribution is -0.153. The molecule has 0 radical (unpaired) electrons. The summed E-state index contributed by atoms with van der Waals surface area (Å²) < 4.78 is 42.8. The van der Waals surface area contributed by atoms with Crippen LogP contribution in [-0.2, 0) is 6.42 Å². The first-order chi connectivity index (χ1) is 12.8. The maximum Gasteiger partial charge on any atom is 0.422 e. The largest absolute Gasteiger partial charge is 0.482 e. The lowest BCUT2D eigenvalue weighted by Crippen LogP contribution is -2.19. The molecular formula is C20H16ClF3N2O. The molecule has 0 bridgehead atoms. The third kappa shape index (κ3) is 3.30. The average Bonchev–Trinajstić information content (AvgIpc) is 3.06. The number of hydrogen-bond donors (Lipinski definition) is 0. The van der Waals surface area contributed by atoms with Gasteiger partial charge in [0.15, 0.2) is 6.61 Å². The van der Waals surface area contributed by atoms with Crippen LogP contribution in [0.3, 0.4) is 0 Å². The maximum absolute atomic E-state index is 12.6. The van der Waals surface area contributed by atoms with Crippen LogP contribution < -0.4 is 9.64 Å². The zero-order valence-electron chi connectivity index (χ0n) is 14.5. The number of anilines is 2. The van der Waals surface area contributed by atoms with Crippen molar-refractivity contribution in [1.82, 2.24) is 4.98 Å². The molecule has 2 aromatic carbocycles. The molecule has 27 heavy (non-hydrogen) atoms. The van der Waals surface area contributed by atoms with Crippen molar-refractivity contribution in [3.8, 4) is 5.75 Å². The number of fused-ring (bicyclic) bond motifs is 3. The van der Waals surface area contributed by atoms with E-state index in [1.54, 1.807) is 6.07 Å². The Labute approximate surface area is 159 Å².